The van der Waals surface area contributed by atoms with Gasteiger partial charge >= 0.3 is 0 Å². The maximum atomic E-state index is 12.7. The van der Waals surface area contributed by atoms with Crippen molar-refractivity contribution in [3.8, 4) is 0 Å². The summed E-state index contributed by atoms with van der Waals surface area (Å²) in [5.41, 5.74) is 4.78. The molecule has 1 aliphatic rings. The summed E-state index contributed by atoms with van der Waals surface area (Å²) in [4.78, 5) is 19.5. The molecule has 0 saturated carbocycles. The molecule has 1 amide bonds. The number of carbonyl (C=O) groups excluding carboxylic acids is 1. The molecule has 4 nitrogen and oxygen atoms in total. The van der Waals surface area contributed by atoms with Crippen LogP contribution in [-0.2, 0) is 6.42 Å². The summed E-state index contributed by atoms with van der Waals surface area (Å²) in [6, 6.07) is 21.8. The van der Waals surface area contributed by atoms with E-state index in [4.69, 9.17) is 0 Å². The molecule has 0 atom stereocenters. The Morgan fingerprint density at radius 2 is 1.81 bits per heavy atom. The fourth-order valence-corrected chi connectivity index (χ4v) is 3.37. The summed E-state index contributed by atoms with van der Waals surface area (Å²) in [5, 5.41) is 2.96. The molecule has 0 unspecified atom stereocenters. The number of amides is 1. The van der Waals surface area contributed by atoms with Crippen LogP contribution in [0, 0.1) is 6.92 Å². The van der Waals surface area contributed by atoms with Crippen LogP contribution in [0.1, 0.15) is 28.0 Å². The van der Waals surface area contributed by atoms with Gasteiger partial charge in [-0.2, -0.15) is 0 Å². The first-order chi connectivity index (χ1) is 12.7. The van der Waals surface area contributed by atoms with Crippen molar-refractivity contribution in [2.75, 3.05) is 16.8 Å². The highest BCUT2D eigenvalue weighted by atomic mass is 16.1. The second kappa shape index (κ2) is 7.00. The third-order valence-corrected chi connectivity index (χ3v) is 4.75. The average Bonchev–Trinajstić information content (AvgIpc) is 2.69. The summed E-state index contributed by atoms with van der Waals surface area (Å²) in [5.74, 6) is 0.626. The second-order valence-electron chi connectivity index (χ2n) is 6.53. The second-order valence-corrected chi connectivity index (χ2v) is 6.53. The van der Waals surface area contributed by atoms with Gasteiger partial charge in [0.25, 0.3) is 5.91 Å². The van der Waals surface area contributed by atoms with Crippen LogP contribution < -0.4 is 10.2 Å². The molecule has 3 aromatic rings. The molecule has 26 heavy (non-hydrogen) atoms. The number of aryl methyl sites for hydroxylation is 2. The van der Waals surface area contributed by atoms with Crippen LogP contribution in [0.2, 0.25) is 0 Å². The summed E-state index contributed by atoms with van der Waals surface area (Å²) in [6.45, 7) is 2.89. The van der Waals surface area contributed by atoms with Gasteiger partial charge in [0.15, 0.2) is 0 Å². The van der Waals surface area contributed by atoms with Crippen molar-refractivity contribution in [3.63, 3.8) is 0 Å². The molecular weight excluding hydrogens is 322 g/mol. The molecule has 0 aliphatic carbocycles. The predicted molar refractivity (Wildman–Crippen MR) is 105 cm³/mol. The van der Waals surface area contributed by atoms with Crippen LogP contribution in [0.15, 0.2) is 66.7 Å². The van der Waals surface area contributed by atoms with Crippen molar-refractivity contribution in [1.29, 1.82) is 0 Å². The number of nitrogens with one attached hydrogen (secondary N) is 1. The Hall–Kier alpha value is -3.14. The van der Waals surface area contributed by atoms with Crippen LogP contribution in [-0.4, -0.2) is 17.4 Å². The number of aromatic nitrogens is 1. The molecule has 1 N–H and O–H groups in total. The van der Waals surface area contributed by atoms with E-state index >= 15 is 0 Å². The first-order valence-corrected chi connectivity index (χ1v) is 8.92. The van der Waals surface area contributed by atoms with E-state index in [1.165, 1.54) is 11.3 Å². The van der Waals surface area contributed by atoms with Gasteiger partial charge in [0.2, 0.25) is 0 Å². The normalized spacial score (nSPS) is 13.2. The number of para-hydroxylation sites is 2. The van der Waals surface area contributed by atoms with Gasteiger partial charge < -0.3 is 10.2 Å². The third kappa shape index (κ3) is 3.18. The molecule has 2 aromatic carbocycles. The number of carbonyl (C=O) groups is 1. The minimum absolute atomic E-state index is 0.188. The Morgan fingerprint density at radius 1 is 1.00 bits per heavy atom. The first kappa shape index (κ1) is 16.3. The van der Waals surface area contributed by atoms with Crippen LogP contribution >= 0.6 is 0 Å². The fraction of sp³-hybridized carbons (Fsp3) is 0.182. The van der Waals surface area contributed by atoms with Gasteiger partial charge in [-0.25, -0.2) is 4.98 Å². The molecular formula is C22H21N3O. The number of hydrogen-bond donors (Lipinski definition) is 1. The largest absolute Gasteiger partial charge is 0.326 e. The Balaban J connectivity index is 1.62. The van der Waals surface area contributed by atoms with E-state index in [1.54, 1.807) is 6.07 Å². The standard InChI is InChI=1S/C22H21N3O/c1-16-8-2-4-11-18(16)24-22(26)19-12-6-14-21(23-19)25-15-7-10-17-9-3-5-13-20(17)25/h2-6,8-9,11-14H,7,10,15H2,1H3,(H,24,26). The van der Waals surface area contributed by atoms with Crippen molar-refractivity contribution >= 4 is 23.1 Å². The number of benzene rings is 2. The maximum Gasteiger partial charge on any atom is 0.274 e. The van der Waals surface area contributed by atoms with E-state index in [0.717, 1.165) is 36.5 Å². The van der Waals surface area contributed by atoms with Gasteiger partial charge in [-0.1, -0.05) is 42.5 Å². The highest BCUT2D eigenvalue weighted by molar-refractivity contribution is 6.03. The number of pyridine rings is 1. The Bertz CT molecular complexity index is 951. The van der Waals surface area contributed by atoms with Crippen LogP contribution in [0.3, 0.4) is 0 Å². The van der Waals surface area contributed by atoms with Crippen LogP contribution in [0.25, 0.3) is 0 Å². The zero-order valence-electron chi connectivity index (χ0n) is 14.8. The zero-order chi connectivity index (χ0) is 17.9. The molecule has 0 spiro atoms. The highest BCUT2D eigenvalue weighted by Crippen LogP contribution is 2.32. The number of hydrogen-bond acceptors (Lipinski definition) is 3. The van der Waals surface area contributed by atoms with Crippen LogP contribution in [0.5, 0.6) is 0 Å². The van der Waals surface area contributed by atoms with E-state index in [9.17, 15) is 4.79 Å². The van der Waals surface area contributed by atoms with E-state index in [2.05, 4.69) is 33.4 Å². The maximum absolute atomic E-state index is 12.7. The quantitative estimate of drug-likeness (QED) is 0.748. The fourth-order valence-electron chi connectivity index (χ4n) is 3.37. The summed E-state index contributed by atoms with van der Waals surface area (Å²) >= 11 is 0. The van der Waals surface area contributed by atoms with Gasteiger partial charge in [0.05, 0.1) is 0 Å². The number of rotatable bonds is 3. The van der Waals surface area contributed by atoms with Gasteiger partial charge in [0.1, 0.15) is 11.5 Å². The molecule has 4 heteroatoms. The Kier molecular flexibility index (Phi) is 4.40. The van der Waals surface area contributed by atoms with E-state index < -0.39 is 0 Å². The molecule has 0 bridgehead atoms. The smallest absolute Gasteiger partial charge is 0.274 e. The molecule has 0 radical (unpaired) electrons. The molecule has 4 rings (SSSR count). The molecule has 1 aliphatic heterocycles. The van der Waals surface area contributed by atoms with Crippen molar-refractivity contribution in [3.05, 3.63) is 83.6 Å². The van der Waals surface area contributed by atoms with Gasteiger partial charge in [0, 0.05) is 17.9 Å². The minimum Gasteiger partial charge on any atom is -0.326 e. The monoisotopic (exact) mass is 343 g/mol. The topological polar surface area (TPSA) is 45.2 Å². The Morgan fingerprint density at radius 3 is 2.69 bits per heavy atom. The van der Waals surface area contributed by atoms with E-state index in [1.807, 2.05) is 49.4 Å². The average molecular weight is 343 g/mol. The SMILES string of the molecule is Cc1ccccc1NC(=O)c1cccc(N2CCCc3ccccc32)n1. The molecule has 2 heterocycles. The lowest BCUT2D eigenvalue weighted by Crippen LogP contribution is -2.26. The minimum atomic E-state index is -0.188. The lowest BCUT2D eigenvalue weighted by Gasteiger charge is -2.30. The van der Waals surface area contributed by atoms with Crippen molar-refractivity contribution < 1.29 is 4.79 Å². The molecule has 0 saturated heterocycles. The number of nitrogens with zero attached hydrogens (tertiary/aromatic N) is 2. The van der Waals surface area contributed by atoms with Crippen molar-refractivity contribution in [1.82, 2.24) is 4.98 Å². The summed E-state index contributed by atoms with van der Waals surface area (Å²) in [7, 11) is 0. The molecule has 1 aromatic heterocycles. The lowest BCUT2D eigenvalue weighted by atomic mass is 10.0. The van der Waals surface area contributed by atoms with Crippen molar-refractivity contribution in [2.24, 2.45) is 0 Å². The van der Waals surface area contributed by atoms with Crippen molar-refractivity contribution in [2.45, 2.75) is 19.8 Å². The number of anilines is 3. The van der Waals surface area contributed by atoms with Crippen LogP contribution in [0.4, 0.5) is 17.2 Å². The number of fused-ring (bicyclic) bond motifs is 1. The summed E-state index contributed by atoms with van der Waals surface area (Å²) < 4.78 is 0. The molecule has 130 valence electrons. The first-order valence-electron chi connectivity index (χ1n) is 8.92. The lowest BCUT2D eigenvalue weighted by molar-refractivity contribution is 0.102. The predicted octanol–water partition coefficient (Wildman–Crippen LogP) is 4.73. The summed E-state index contributed by atoms with van der Waals surface area (Å²) in [6.07, 6.45) is 2.17. The highest BCUT2D eigenvalue weighted by Gasteiger charge is 2.19. The van der Waals surface area contributed by atoms with Gasteiger partial charge in [-0.3, -0.25) is 4.79 Å². The van der Waals surface area contributed by atoms with Gasteiger partial charge in [-0.15, -0.1) is 0 Å². The molecule has 0 fully saturated rings. The van der Waals surface area contributed by atoms with E-state index in [0.29, 0.717) is 5.69 Å². The zero-order valence-corrected chi connectivity index (χ0v) is 14.8. The van der Waals surface area contributed by atoms with E-state index in [-0.39, 0.29) is 5.91 Å². The third-order valence-electron chi connectivity index (χ3n) is 4.75. The van der Waals surface area contributed by atoms with Gasteiger partial charge in [-0.05, 0) is 55.2 Å². The Labute approximate surface area is 153 Å².